The number of aromatic nitrogens is 2. The van der Waals surface area contributed by atoms with Crippen molar-refractivity contribution in [3.05, 3.63) is 28.9 Å². The van der Waals surface area contributed by atoms with E-state index in [4.69, 9.17) is 4.42 Å². The largest absolute Gasteiger partial charge is 0.421 e. The molecule has 0 spiro atoms. The van der Waals surface area contributed by atoms with E-state index < -0.39 is 5.76 Å². The maximum atomic E-state index is 12.1. The monoisotopic (exact) mass is 262 g/mol. The summed E-state index contributed by atoms with van der Waals surface area (Å²) in [6.45, 7) is 2.87. The Morgan fingerprint density at radius 2 is 2.21 bits per heavy atom. The molecule has 1 aliphatic heterocycles. The molecule has 7 nitrogen and oxygen atoms in total. The third-order valence-electron chi connectivity index (χ3n) is 3.19. The van der Waals surface area contributed by atoms with Gasteiger partial charge in [0.2, 0.25) is 5.91 Å². The average molecular weight is 262 g/mol. The van der Waals surface area contributed by atoms with Gasteiger partial charge in [0, 0.05) is 32.4 Å². The van der Waals surface area contributed by atoms with Crippen LogP contribution in [-0.2, 0) is 11.3 Å². The number of nitrogens with one attached hydrogen (secondary N) is 1. The number of amides is 1. The highest BCUT2D eigenvalue weighted by Gasteiger charge is 2.19. The van der Waals surface area contributed by atoms with E-state index in [-0.39, 0.29) is 12.5 Å². The zero-order valence-corrected chi connectivity index (χ0v) is 10.3. The molecule has 1 fully saturated rings. The van der Waals surface area contributed by atoms with E-state index in [1.807, 2.05) is 0 Å². The molecule has 1 saturated heterocycles. The van der Waals surface area contributed by atoms with Crippen LogP contribution in [0.2, 0.25) is 0 Å². The van der Waals surface area contributed by atoms with Crippen molar-refractivity contribution in [3.63, 3.8) is 0 Å². The predicted molar refractivity (Wildman–Crippen MR) is 67.7 cm³/mol. The molecule has 100 valence electrons. The number of nitrogens with zero attached hydrogens (tertiary/aromatic N) is 3. The first-order valence-electron chi connectivity index (χ1n) is 6.18. The molecule has 2 aromatic heterocycles. The fraction of sp³-hybridized carbons (Fsp3) is 0.417. The number of oxazole rings is 1. The van der Waals surface area contributed by atoms with Crippen LogP contribution in [0.1, 0.15) is 0 Å². The SMILES string of the molecule is O=C(Cn1c(=O)oc2cccnc21)N1CCNCC1. The van der Waals surface area contributed by atoms with Crippen molar-refractivity contribution >= 4 is 17.1 Å². The van der Waals surface area contributed by atoms with Crippen molar-refractivity contribution in [2.75, 3.05) is 26.2 Å². The van der Waals surface area contributed by atoms with Crippen LogP contribution in [0, 0.1) is 0 Å². The smallest absolute Gasteiger partial charge is 0.406 e. The number of rotatable bonds is 2. The second-order valence-electron chi connectivity index (χ2n) is 4.41. The topological polar surface area (TPSA) is 80.4 Å². The van der Waals surface area contributed by atoms with Gasteiger partial charge in [0.1, 0.15) is 6.54 Å². The van der Waals surface area contributed by atoms with E-state index in [0.717, 1.165) is 13.1 Å². The zero-order valence-electron chi connectivity index (χ0n) is 10.3. The molecule has 1 aliphatic rings. The van der Waals surface area contributed by atoms with Gasteiger partial charge in [0.15, 0.2) is 11.2 Å². The first-order valence-corrected chi connectivity index (χ1v) is 6.18. The molecule has 3 rings (SSSR count). The van der Waals surface area contributed by atoms with E-state index in [0.29, 0.717) is 24.3 Å². The predicted octanol–water partition coefficient (Wildman–Crippen LogP) is -0.579. The quantitative estimate of drug-likeness (QED) is 0.783. The molecule has 7 heteroatoms. The third kappa shape index (κ3) is 2.24. The highest BCUT2D eigenvalue weighted by molar-refractivity contribution is 5.78. The van der Waals surface area contributed by atoms with Crippen LogP contribution in [0.3, 0.4) is 0 Å². The number of carbonyl (C=O) groups is 1. The maximum absolute atomic E-state index is 12.1. The van der Waals surface area contributed by atoms with Gasteiger partial charge in [-0.15, -0.1) is 0 Å². The molecule has 1 amide bonds. The minimum Gasteiger partial charge on any atom is -0.406 e. The van der Waals surface area contributed by atoms with Crippen LogP contribution in [0.5, 0.6) is 0 Å². The Morgan fingerprint density at radius 1 is 1.42 bits per heavy atom. The fourth-order valence-electron chi connectivity index (χ4n) is 2.19. The van der Waals surface area contributed by atoms with Crippen molar-refractivity contribution in [2.45, 2.75) is 6.54 Å². The van der Waals surface area contributed by atoms with Crippen LogP contribution in [0.4, 0.5) is 0 Å². The summed E-state index contributed by atoms with van der Waals surface area (Å²) in [7, 11) is 0. The highest BCUT2D eigenvalue weighted by Crippen LogP contribution is 2.09. The first-order chi connectivity index (χ1) is 9.25. The second kappa shape index (κ2) is 4.85. The van der Waals surface area contributed by atoms with E-state index in [2.05, 4.69) is 10.3 Å². The zero-order chi connectivity index (χ0) is 13.2. The maximum Gasteiger partial charge on any atom is 0.421 e. The van der Waals surface area contributed by atoms with E-state index in [1.54, 1.807) is 23.2 Å². The molecule has 19 heavy (non-hydrogen) atoms. The highest BCUT2D eigenvalue weighted by atomic mass is 16.4. The lowest BCUT2D eigenvalue weighted by Crippen LogP contribution is -2.47. The Balaban J connectivity index is 1.86. The van der Waals surface area contributed by atoms with Gasteiger partial charge in [-0.25, -0.2) is 14.3 Å². The summed E-state index contributed by atoms with van der Waals surface area (Å²) < 4.78 is 6.33. The summed E-state index contributed by atoms with van der Waals surface area (Å²) in [5.41, 5.74) is 0.816. The van der Waals surface area contributed by atoms with E-state index in [9.17, 15) is 9.59 Å². The van der Waals surface area contributed by atoms with Gasteiger partial charge < -0.3 is 14.6 Å². The summed E-state index contributed by atoms with van der Waals surface area (Å²) in [5, 5.41) is 3.18. The Morgan fingerprint density at radius 3 is 3.00 bits per heavy atom. The lowest BCUT2D eigenvalue weighted by atomic mass is 10.3. The molecular formula is C12H14N4O3. The standard InChI is InChI=1S/C12H14N4O3/c17-10(15-6-4-13-5-7-15)8-16-11-9(19-12(16)18)2-1-3-14-11/h1-3,13H,4-8H2. The third-order valence-corrected chi connectivity index (χ3v) is 3.19. The average Bonchev–Trinajstić information content (AvgIpc) is 2.76. The number of fused-ring (bicyclic) bond motifs is 1. The van der Waals surface area contributed by atoms with Crippen molar-refractivity contribution in [2.24, 2.45) is 0 Å². The first kappa shape index (κ1) is 11.9. The Labute approximate surface area is 108 Å². The van der Waals surface area contributed by atoms with Crippen LogP contribution in [0.15, 0.2) is 27.5 Å². The van der Waals surface area contributed by atoms with Gasteiger partial charge in [0.05, 0.1) is 0 Å². The van der Waals surface area contributed by atoms with Crippen LogP contribution in [0.25, 0.3) is 11.2 Å². The molecule has 0 aromatic carbocycles. The summed E-state index contributed by atoms with van der Waals surface area (Å²) in [5.74, 6) is -0.630. The van der Waals surface area contributed by atoms with Crippen LogP contribution in [-0.4, -0.2) is 46.5 Å². The Kier molecular flexibility index (Phi) is 3.04. The van der Waals surface area contributed by atoms with Gasteiger partial charge in [-0.2, -0.15) is 0 Å². The number of carbonyl (C=O) groups excluding carboxylic acids is 1. The molecule has 0 radical (unpaired) electrons. The minimum atomic E-state index is -0.544. The molecular weight excluding hydrogens is 248 g/mol. The van der Waals surface area contributed by atoms with Crippen molar-refractivity contribution in [3.8, 4) is 0 Å². The lowest BCUT2D eigenvalue weighted by molar-refractivity contribution is -0.132. The number of piperazine rings is 1. The van der Waals surface area contributed by atoms with Crippen molar-refractivity contribution in [1.29, 1.82) is 0 Å². The number of pyridine rings is 1. The molecule has 0 atom stereocenters. The van der Waals surface area contributed by atoms with Crippen LogP contribution < -0.4 is 11.1 Å². The summed E-state index contributed by atoms with van der Waals surface area (Å²) >= 11 is 0. The molecule has 0 saturated carbocycles. The van der Waals surface area contributed by atoms with Crippen molar-refractivity contribution in [1.82, 2.24) is 19.8 Å². The van der Waals surface area contributed by atoms with Gasteiger partial charge in [-0.3, -0.25) is 4.79 Å². The summed E-state index contributed by atoms with van der Waals surface area (Å²) in [6.07, 6.45) is 1.57. The molecule has 0 bridgehead atoms. The molecule has 1 N–H and O–H groups in total. The van der Waals surface area contributed by atoms with Crippen molar-refractivity contribution < 1.29 is 9.21 Å². The van der Waals surface area contributed by atoms with Crippen LogP contribution >= 0.6 is 0 Å². The number of hydrogen-bond donors (Lipinski definition) is 1. The lowest BCUT2D eigenvalue weighted by Gasteiger charge is -2.27. The van der Waals surface area contributed by atoms with Gasteiger partial charge >= 0.3 is 5.76 Å². The van der Waals surface area contributed by atoms with E-state index >= 15 is 0 Å². The number of hydrogen-bond acceptors (Lipinski definition) is 5. The van der Waals surface area contributed by atoms with E-state index in [1.165, 1.54) is 4.57 Å². The molecule has 2 aromatic rings. The summed E-state index contributed by atoms with van der Waals surface area (Å²) in [4.78, 5) is 29.7. The Hall–Kier alpha value is -2.15. The normalized spacial score (nSPS) is 15.9. The molecule has 0 aliphatic carbocycles. The minimum absolute atomic E-state index is 0.0250. The van der Waals surface area contributed by atoms with Gasteiger partial charge in [-0.05, 0) is 12.1 Å². The van der Waals surface area contributed by atoms with Gasteiger partial charge in [0.25, 0.3) is 0 Å². The molecule has 0 unspecified atom stereocenters. The fourth-order valence-corrected chi connectivity index (χ4v) is 2.19. The molecule has 3 heterocycles. The second-order valence-corrected chi connectivity index (χ2v) is 4.41. The summed E-state index contributed by atoms with van der Waals surface area (Å²) in [6, 6.07) is 3.35. The van der Waals surface area contributed by atoms with Gasteiger partial charge in [-0.1, -0.05) is 0 Å². The Bertz CT molecular complexity index is 654.